The van der Waals surface area contributed by atoms with E-state index < -0.39 is 21.3 Å². The molecule has 0 fully saturated rings. The van der Waals surface area contributed by atoms with Gasteiger partial charge in [-0.1, -0.05) is 0 Å². The van der Waals surface area contributed by atoms with Crippen LogP contribution in [0.2, 0.25) is 20.1 Å². The molecular weight excluding hydrogens is 725 g/mol. The van der Waals surface area contributed by atoms with Crippen molar-refractivity contribution >= 4 is 71.2 Å². The van der Waals surface area contributed by atoms with E-state index in [9.17, 15) is 0 Å². The van der Waals surface area contributed by atoms with Crippen molar-refractivity contribution < 1.29 is 21.3 Å². The summed E-state index contributed by atoms with van der Waals surface area (Å²) in [6, 6.07) is 34.8. The van der Waals surface area contributed by atoms with Crippen LogP contribution in [0, 0.1) is 13.8 Å². The van der Waals surface area contributed by atoms with Crippen LogP contribution in [0.1, 0.15) is 43.4 Å². The molecule has 0 amide bonds. The van der Waals surface area contributed by atoms with Crippen LogP contribution in [0.3, 0.4) is 0 Å². The van der Waals surface area contributed by atoms with E-state index in [4.69, 9.17) is 46.4 Å². The van der Waals surface area contributed by atoms with E-state index in [0.717, 1.165) is 28.7 Å². The number of fused-ring (bicyclic) bond motifs is 8. The molecule has 0 spiro atoms. The molecule has 0 radical (unpaired) electrons. The van der Waals surface area contributed by atoms with Gasteiger partial charge < -0.3 is 0 Å². The van der Waals surface area contributed by atoms with E-state index in [1.165, 1.54) is 50.3 Å². The quantitative estimate of drug-likeness (QED) is 0.157. The Hall–Kier alpha value is -2.77. The molecule has 1 atom stereocenters. The molecule has 0 N–H and O–H groups in total. The number of benzene rings is 6. The first-order chi connectivity index (χ1) is 22.3. The summed E-state index contributed by atoms with van der Waals surface area (Å²) in [5.74, 6) is 0. The minimum absolute atomic E-state index is 0.193. The molecular formula is C41H28Cl4Zr. The van der Waals surface area contributed by atoms with Crippen molar-refractivity contribution in [2.75, 3.05) is 0 Å². The summed E-state index contributed by atoms with van der Waals surface area (Å²) in [5, 5.41) is 7.78. The maximum absolute atomic E-state index is 6.93. The Labute approximate surface area is 297 Å². The van der Waals surface area contributed by atoms with Crippen molar-refractivity contribution in [3.05, 3.63) is 172 Å². The van der Waals surface area contributed by atoms with E-state index >= 15 is 0 Å². The van der Waals surface area contributed by atoms with Crippen LogP contribution in [0.15, 0.2) is 119 Å². The molecule has 224 valence electrons. The van der Waals surface area contributed by atoms with E-state index in [0.29, 0.717) is 20.1 Å². The molecule has 0 bridgehead atoms. The first kappa shape index (κ1) is 30.6. The minimum atomic E-state index is -3.12. The summed E-state index contributed by atoms with van der Waals surface area (Å²) in [6.07, 6.45) is 7.83. The van der Waals surface area contributed by atoms with Gasteiger partial charge in [-0.2, -0.15) is 0 Å². The second-order valence-corrected chi connectivity index (χ2v) is 20.1. The number of rotatable bonds is 4. The van der Waals surface area contributed by atoms with Crippen LogP contribution in [0.4, 0.5) is 0 Å². The summed E-state index contributed by atoms with van der Waals surface area (Å²) in [5.41, 5.74) is 9.76. The van der Waals surface area contributed by atoms with Gasteiger partial charge in [-0.3, -0.25) is 0 Å². The van der Waals surface area contributed by atoms with Crippen LogP contribution < -0.4 is 0 Å². The van der Waals surface area contributed by atoms with Crippen molar-refractivity contribution in [3.63, 3.8) is 0 Å². The average Bonchev–Trinajstić information content (AvgIpc) is 3.71. The summed E-state index contributed by atoms with van der Waals surface area (Å²) in [4.78, 5) is 0. The Morgan fingerprint density at radius 3 is 1.80 bits per heavy atom. The normalized spacial score (nSPS) is 14.9. The fourth-order valence-corrected chi connectivity index (χ4v) is 18.0. The molecule has 0 aliphatic heterocycles. The summed E-state index contributed by atoms with van der Waals surface area (Å²) < 4.78 is 3.04. The number of hydrogen-bond donors (Lipinski definition) is 0. The Balaban J connectivity index is 1.62. The van der Waals surface area contributed by atoms with Crippen molar-refractivity contribution in [2.24, 2.45) is 0 Å². The van der Waals surface area contributed by atoms with Crippen LogP contribution in [0.25, 0.3) is 32.7 Å². The van der Waals surface area contributed by atoms with Gasteiger partial charge in [0.1, 0.15) is 0 Å². The van der Waals surface area contributed by atoms with Gasteiger partial charge in [0.05, 0.1) is 0 Å². The first-order valence-corrected chi connectivity index (χ1v) is 20.8. The van der Waals surface area contributed by atoms with Crippen molar-refractivity contribution in [2.45, 2.75) is 23.9 Å². The monoisotopic (exact) mass is 750 g/mol. The van der Waals surface area contributed by atoms with Gasteiger partial charge >= 0.3 is 299 Å². The zero-order valence-corrected chi connectivity index (χ0v) is 30.7. The molecule has 0 saturated heterocycles. The van der Waals surface area contributed by atoms with Gasteiger partial charge in [0, 0.05) is 0 Å². The second kappa shape index (κ2) is 12.0. The third-order valence-electron chi connectivity index (χ3n) is 9.64. The van der Waals surface area contributed by atoms with E-state index in [-0.39, 0.29) is 3.63 Å². The fourth-order valence-electron chi connectivity index (χ4n) is 7.57. The van der Waals surface area contributed by atoms with Gasteiger partial charge in [0.25, 0.3) is 0 Å². The Kier molecular flexibility index (Phi) is 8.00. The van der Waals surface area contributed by atoms with E-state index in [1.807, 2.05) is 12.1 Å². The number of hydrogen-bond acceptors (Lipinski definition) is 0. The van der Waals surface area contributed by atoms with Gasteiger partial charge in [-0.15, -0.1) is 0 Å². The van der Waals surface area contributed by atoms with Gasteiger partial charge in [0.2, 0.25) is 0 Å². The van der Waals surface area contributed by atoms with E-state index in [1.54, 1.807) is 0 Å². The third kappa shape index (κ3) is 4.86. The Morgan fingerprint density at radius 2 is 1.20 bits per heavy atom. The average molecular weight is 754 g/mol. The zero-order valence-electron chi connectivity index (χ0n) is 25.3. The molecule has 0 nitrogen and oxygen atoms in total. The molecule has 2 aliphatic carbocycles. The standard InChI is InChI=1S/C21H13.C15H10Cl4.C5H5.Zr/c1-2-8-15-14(7-1)13-20-18-11-4-3-9-16(18)17-10-5-6-12-19(17)21(15)20;1-8-10(4-12(16)6-14(8)18)3-11-5-13(17)7-15(19)9(11)2;1-2-4-5-3-1;/h1-13H;4-7H,1-2H3;1-3H,4H2;. The molecule has 2 aliphatic rings. The predicted molar refractivity (Wildman–Crippen MR) is 196 cm³/mol. The Bertz CT molecular complexity index is 2300. The zero-order chi connectivity index (χ0) is 31.7. The van der Waals surface area contributed by atoms with Crippen molar-refractivity contribution in [1.82, 2.24) is 0 Å². The summed E-state index contributed by atoms with van der Waals surface area (Å²) in [6.45, 7) is 4.22. The topological polar surface area (TPSA) is 0 Å². The molecule has 6 aromatic rings. The third-order valence-corrected chi connectivity index (χ3v) is 19.0. The molecule has 5 heteroatoms. The first-order valence-electron chi connectivity index (χ1n) is 15.4. The van der Waals surface area contributed by atoms with Crippen LogP contribution in [-0.2, 0) is 21.3 Å². The molecule has 6 aromatic carbocycles. The maximum atomic E-state index is 6.93. The molecule has 0 heterocycles. The van der Waals surface area contributed by atoms with Gasteiger partial charge in [-0.05, 0) is 0 Å². The SMILES string of the molecule is Cc1c(Cl)cc(Cl)cc1[C](c1cc(Cl)cc(Cl)c1C)=[Zr]([C]1=CC=CC1)[CH]1c2ccccc2-c2c1c1ccccc1c1ccccc21. The van der Waals surface area contributed by atoms with Gasteiger partial charge in [0.15, 0.2) is 0 Å². The fraction of sp³-hybridized carbons (Fsp3) is 0.0976. The van der Waals surface area contributed by atoms with Crippen LogP contribution in [-0.4, -0.2) is 3.21 Å². The molecule has 1 unspecified atom stereocenters. The predicted octanol–water partition coefficient (Wildman–Crippen LogP) is 13.0. The van der Waals surface area contributed by atoms with E-state index in [2.05, 4.69) is 117 Å². The summed E-state index contributed by atoms with van der Waals surface area (Å²) >= 11 is 24.4. The van der Waals surface area contributed by atoms with Crippen molar-refractivity contribution in [1.29, 1.82) is 0 Å². The van der Waals surface area contributed by atoms with Crippen molar-refractivity contribution in [3.8, 4) is 11.1 Å². The summed E-state index contributed by atoms with van der Waals surface area (Å²) in [7, 11) is 0. The van der Waals surface area contributed by atoms with Crippen LogP contribution in [0.5, 0.6) is 0 Å². The molecule has 0 aromatic heterocycles. The molecule has 8 rings (SSSR count). The van der Waals surface area contributed by atoms with Gasteiger partial charge in [-0.25, -0.2) is 0 Å². The second-order valence-electron chi connectivity index (χ2n) is 12.1. The van der Waals surface area contributed by atoms with Crippen LogP contribution >= 0.6 is 46.4 Å². The Morgan fingerprint density at radius 1 is 0.652 bits per heavy atom. The number of allylic oxidation sites excluding steroid dienone is 4. The molecule has 0 saturated carbocycles. The number of halogens is 4. The molecule has 46 heavy (non-hydrogen) atoms.